The summed E-state index contributed by atoms with van der Waals surface area (Å²) in [6, 6.07) is 19.3. The van der Waals surface area contributed by atoms with Gasteiger partial charge in [-0.25, -0.2) is 4.89 Å². The lowest BCUT2D eigenvalue weighted by Gasteiger charge is -2.51. The summed E-state index contributed by atoms with van der Waals surface area (Å²) in [6.07, 6.45) is 0.274. The minimum absolute atomic E-state index is 0.146. The summed E-state index contributed by atoms with van der Waals surface area (Å²) in [5, 5.41) is 10.6. The molecule has 2 unspecified atom stereocenters. The first-order chi connectivity index (χ1) is 11.3. The van der Waals surface area contributed by atoms with Crippen molar-refractivity contribution in [2.24, 2.45) is 5.41 Å². The lowest BCUT2D eigenvalue weighted by Crippen LogP contribution is -2.59. The summed E-state index contributed by atoms with van der Waals surface area (Å²) in [6.45, 7) is 4.66. The second kappa shape index (κ2) is 5.81. The third-order valence-corrected chi connectivity index (χ3v) is 5.23. The molecule has 126 valence electrons. The molecule has 2 aromatic carbocycles. The molecule has 2 atom stereocenters. The quantitative estimate of drug-likeness (QED) is 0.876. The van der Waals surface area contributed by atoms with E-state index in [4.69, 9.17) is 9.78 Å². The van der Waals surface area contributed by atoms with Crippen molar-refractivity contribution in [3.8, 4) is 0 Å². The zero-order valence-electron chi connectivity index (χ0n) is 14.2. The summed E-state index contributed by atoms with van der Waals surface area (Å²) in [5.74, 6) is -1.85. The minimum atomic E-state index is -1.70. The fourth-order valence-electron chi connectivity index (χ4n) is 3.27. The van der Waals surface area contributed by atoms with Crippen LogP contribution in [0.1, 0.15) is 38.3 Å². The van der Waals surface area contributed by atoms with Crippen LogP contribution in [-0.4, -0.2) is 16.7 Å². The number of Topliss-reactive ketones (excluding diaryl/α,β-unsaturated/α-hetero) is 1. The maximum atomic E-state index is 12.4. The molecule has 1 heterocycles. The van der Waals surface area contributed by atoms with E-state index in [0.29, 0.717) is 0 Å². The van der Waals surface area contributed by atoms with Gasteiger partial charge in [-0.1, -0.05) is 60.7 Å². The summed E-state index contributed by atoms with van der Waals surface area (Å²) in [4.78, 5) is 23.6. The molecule has 1 N–H and O–H groups in total. The Morgan fingerprint density at radius 3 is 1.79 bits per heavy atom. The fraction of sp³-hybridized carbons (Fsp3) is 0.350. The first kappa shape index (κ1) is 16.8. The van der Waals surface area contributed by atoms with Crippen molar-refractivity contribution in [3.05, 3.63) is 71.8 Å². The number of hydrogen-bond donors (Lipinski definition) is 1. The SMILES string of the molecule is CC(=O)C1(C)CC(c2ccccc2)(c2ccccc2)OOC1(C)O. The Balaban J connectivity index is 2.20. The van der Waals surface area contributed by atoms with Crippen LogP contribution >= 0.6 is 0 Å². The van der Waals surface area contributed by atoms with Crippen molar-refractivity contribution in [2.45, 2.75) is 38.6 Å². The highest BCUT2D eigenvalue weighted by Crippen LogP contribution is 2.53. The number of ketones is 1. The van der Waals surface area contributed by atoms with Crippen molar-refractivity contribution in [2.75, 3.05) is 0 Å². The number of carbonyl (C=O) groups excluding carboxylic acids is 1. The third-order valence-electron chi connectivity index (χ3n) is 5.23. The van der Waals surface area contributed by atoms with Gasteiger partial charge in [-0.2, -0.15) is 4.89 Å². The topological polar surface area (TPSA) is 55.8 Å². The van der Waals surface area contributed by atoms with Crippen molar-refractivity contribution in [1.29, 1.82) is 0 Å². The molecule has 0 spiro atoms. The average Bonchev–Trinajstić information content (AvgIpc) is 2.59. The van der Waals surface area contributed by atoms with Gasteiger partial charge in [-0.3, -0.25) is 4.79 Å². The van der Waals surface area contributed by atoms with E-state index in [0.717, 1.165) is 11.1 Å². The molecule has 2 aromatic rings. The second-order valence-corrected chi connectivity index (χ2v) is 6.77. The highest BCUT2D eigenvalue weighted by atomic mass is 17.2. The molecule has 0 amide bonds. The number of aliphatic hydroxyl groups is 1. The Hall–Kier alpha value is -2.01. The highest BCUT2D eigenvalue weighted by molar-refractivity contribution is 5.83. The maximum absolute atomic E-state index is 12.4. The number of benzene rings is 2. The molecule has 0 aromatic heterocycles. The van der Waals surface area contributed by atoms with Crippen LogP contribution < -0.4 is 0 Å². The van der Waals surface area contributed by atoms with Crippen molar-refractivity contribution in [3.63, 3.8) is 0 Å². The number of rotatable bonds is 3. The van der Waals surface area contributed by atoms with Gasteiger partial charge in [-0.15, -0.1) is 0 Å². The molecule has 3 rings (SSSR count). The van der Waals surface area contributed by atoms with Crippen LogP contribution in [-0.2, 0) is 20.2 Å². The molecule has 0 radical (unpaired) electrons. The Kier molecular flexibility index (Phi) is 4.08. The Labute approximate surface area is 142 Å². The van der Waals surface area contributed by atoms with E-state index in [1.807, 2.05) is 60.7 Å². The minimum Gasteiger partial charge on any atom is -0.363 e. The average molecular weight is 326 g/mol. The van der Waals surface area contributed by atoms with Gasteiger partial charge >= 0.3 is 0 Å². The van der Waals surface area contributed by atoms with Gasteiger partial charge in [0, 0.05) is 6.42 Å². The van der Waals surface area contributed by atoms with E-state index < -0.39 is 16.8 Å². The predicted octanol–water partition coefficient (Wildman–Crippen LogP) is 3.59. The first-order valence-electron chi connectivity index (χ1n) is 8.03. The van der Waals surface area contributed by atoms with E-state index in [9.17, 15) is 9.90 Å². The largest absolute Gasteiger partial charge is 0.363 e. The molecule has 0 saturated carbocycles. The van der Waals surface area contributed by atoms with Gasteiger partial charge in [0.05, 0.1) is 5.41 Å². The van der Waals surface area contributed by atoms with Crippen LogP contribution in [0.4, 0.5) is 0 Å². The third kappa shape index (κ3) is 2.47. The Morgan fingerprint density at radius 1 is 0.917 bits per heavy atom. The summed E-state index contributed by atoms with van der Waals surface area (Å²) in [5.41, 5.74) is -0.333. The van der Waals surface area contributed by atoms with Gasteiger partial charge in [0.15, 0.2) is 5.60 Å². The van der Waals surface area contributed by atoms with Crippen LogP contribution in [0, 0.1) is 5.41 Å². The molecule has 4 nitrogen and oxygen atoms in total. The lowest BCUT2D eigenvalue weighted by atomic mass is 9.66. The number of hydrogen-bond acceptors (Lipinski definition) is 4. The van der Waals surface area contributed by atoms with E-state index in [-0.39, 0.29) is 12.2 Å². The molecule has 4 heteroatoms. The Morgan fingerprint density at radius 2 is 1.38 bits per heavy atom. The molecule has 1 saturated heterocycles. The van der Waals surface area contributed by atoms with Crippen molar-refractivity contribution in [1.82, 2.24) is 0 Å². The molecule has 24 heavy (non-hydrogen) atoms. The predicted molar refractivity (Wildman–Crippen MR) is 89.9 cm³/mol. The van der Waals surface area contributed by atoms with Gasteiger partial charge in [0.25, 0.3) is 0 Å². The summed E-state index contributed by atoms with van der Waals surface area (Å²) < 4.78 is 0. The normalized spacial score (nSPS) is 29.2. The van der Waals surface area contributed by atoms with Crippen LogP contribution in [0.3, 0.4) is 0 Å². The first-order valence-corrected chi connectivity index (χ1v) is 8.03. The van der Waals surface area contributed by atoms with Crippen LogP contribution in [0.5, 0.6) is 0 Å². The van der Waals surface area contributed by atoms with Crippen LogP contribution in [0.2, 0.25) is 0 Å². The second-order valence-electron chi connectivity index (χ2n) is 6.77. The molecule has 1 aliphatic heterocycles. The van der Waals surface area contributed by atoms with E-state index in [1.54, 1.807) is 6.92 Å². The molecule has 1 fully saturated rings. The molecule has 1 aliphatic rings. The zero-order chi connectivity index (χ0) is 17.4. The van der Waals surface area contributed by atoms with Crippen molar-refractivity contribution < 1.29 is 19.7 Å². The summed E-state index contributed by atoms with van der Waals surface area (Å²) >= 11 is 0. The summed E-state index contributed by atoms with van der Waals surface area (Å²) in [7, 11) is 0. The molecular weight excluding hydrogens is 304 g/mol. The monoisotopic (exact) mass is 326 g/mol. The van der Waals surface area contributed by atoms with Crippen LogP contribution in [0.25, 0.3) is 0 Å². The Bertz CT molecular complexity index is 684. The highest BCUT2D eigenvalue weighted by Gasteiger charge is 2.60. The van der Waals surface area contributed by atoms with Gasteiger partial charge < -0.3 is 5.11 Å². The van der Waals surface area contributed by atoms with Crippen LogP contribution in [0.15, 0.2) is 60.7 Å². The van der Waals surface area contributed by atoms with Gasteiger partial charge in [-0.05, 0) is 31.9 Å². The van der Waals surface area contributed by atoms with E-state index in [2.05, 4.69) is 0 Å². The molecule has 0 bridgehead atoms. The fourth-order valence-corrected chi connectivity index (χ4v) is 3.27. The lowest BCUT2D eigenvalue weighted by molar-refractivity contribution is -0.502. The molecule has 0 aliphatic carbocycles. The smallest absolute Gasteiger partial charge is 0.208 e. The maximum Gasteiger partial charge on any atom is 0.208 e. The van der Waals surface area contributed by atoms with E-state index in [1.165, 1.54) is 13.8 Å². The van der Waals surface area contributed by atoms with E-state index >= 15 is 0 Å². The van der Waals surface area contributed by atoms with Gasteiger partial charge in [0.1, 0.15) is 5.78 Å². The van der Waals surface area contributed by atoms with Crippen molar-refractivity contribution >= 4 is 5.78 Å². The standard InChI is InChI=1S/C20H22O4/c1-15(21)18(2)14-20(24-23-19(18,3)22,16-10-6-4-7-11-16)17-12-8-5-9-13-17/h4-13,22H,14H2,1-3H3. The van der Waals surface area contributed by atoms with Gasteiger partial charge in [0.2, 0.25) is 5.79 Å². The number of carbonyl (C=O) groups is 1. The zero-order valence-corrected chi connectivity index (χ0v) is 14.2. The molecular formula is C20H22O4.